The van der Waals surface area contributed by atoms with Gasteiger partial charge < -0.3 is 0 Å². The van der Waals surface area contributed by atoms with Gasteiger partial charge in [0.05, 0.1) is 5.69 Å². The maximum atomic E-state index is 12.5. The second-order valence-corrected chi connectivity index (χ2v) is 3.48. The normalized spacial score (nSPS) is 11.8. The van der Waals surface area contributed by atoms with Crippen LogP contribution in [0.4, 0.5) is 13.2 Å². The second-order valence-electron chi connectivity index (χ2n) is 3.48. The van der Waals surface area contributed by atoms with Crippen molar-refractivity contribution in [3.05, 3.63) is 36.3 Å². The minimum Gasteiger partial charge on any atom is -0.272 e. The summed E-state index contributed by atoms with van der Waals surface area (Å²) >= 11 is 0. The Kier molecular flexibility index (Phi) is 2.87. The first kappa shape index (κ1) is 11.6. The number of pyridine rings is 1. The zero-order valence-corrected chi connectivity index (χ0v) is 9.07. The summed E-state index contributed by atoms with van der Waals surface area (Å²) in [5, 5.41) is 4.14. The van der Waals surface area contributed by atoms with Gasteiger partial charge in [0, 0.05) is 24.5 Å². The van der Waals surface area contributed by atoms with Crippen LogP contribution in [0.15, 0.2) is 30.6 Å². The van der Waals surface area contributed by atoms with Gasteiger partial charge in [0.2, 0.25) is 0 Å². The predicted octanol–water partition coefficient (Wildman–Crippen LogP) is 2.98. The zero-order chi connectivity index (χ0) is 12.5. The third kappa shape index (κ3) is 2.46. The molecule has 17 heavy (non-hydrogen) atoms. The van der Waals surface area contributed by atoms with E-state index in [1.54, 1.807) is 16.9 Å². The largest absolute Gasteiger partial charge is 0.433 e. The van der Waals surface area contributed by atoms with Crippen molar-refractivity contribution in [2.45, 2.75) is 19.6 Å². The van der Waals surface area contributed by atoms with E-state index in [2.05, 4.69) is 10.1 Å². The van der Waals surface area contributed by atoms with Gasteiger partial charge in [-0.05, 0) is 25.1 Å². The van der Waals surface area contributed by atoms with Crippen LogP contribution >= 0.6 is 0 Å². The number of halogens is 3. The van der Waals surface area contributed by atoms with Crippen molar-refractivity contribution in [1.29, 1.82) is 0 Å². The fourth-order valence-electron chi connectivity index (χ4n) is 1.44. The smallest absolute Gasteiger partial charge is 0.272 e. The molecule has 6 heteroatoms. The summed E-state index contributed by atoms with van der Waals surface area (Å²) in [6.07, 6.45) is -1.56. The summed E-state index contributed by atoms with van der Waals surface area (Å²) in [6, 6.07) is 4.19. The molecule has 0 radical (unpaired) electrons. The van der Waals surface area contributed by atoms with E-state index < -0.39 is 11.9 Å². The molecule has 0 aliphatic rings. The molecule has 0 aliphatic carbocycles. The Bertz CT molecular complexity index is 517. The molecule has 0 aromatic carbocycles. The highest BCUT2D eigenvalue weighted by molar-refractivity contribution is 5.58. The standard InChI is InChI=1S/C11H10F3N3/c1-2-17-6-4-9(16-17)8-3-5-15-10(7-8)11(12,13)14/h3-7H,2H2,1H3. The SMILES string of the molecule is CCn1ccc(-c2ccnc(C(F)(F)F)c2)n1. The Hall–Kier alpha value is -1.85. The molecule has 0 amide bonds. The molecule has 0 aliphatic heterocycles. The van der Waals surface area contributed by atoms with Gasteiger partial charge in [-0.15, -0.1) is 0 Å². The first-order valence-electron chi connectivity index (χ1n) is 5.08. The van der Waals surface area contributed by atoms with Crippen LogP contribution in [0, 0.1) is 0 Å². The number of alkyl halides is 3. The number of aryl methyl sites for hydroxylation is 1. The summed E-state index contributed by atoms with van der Waals surface area (Å²) in [7, 11) is 0. The van der Waals surface area contributed by atoms with Gasteiger partial charge in [-0.25, -0.2) is 0 Å². The Morgan fingerprint density at radius 3 is 2.65 bits per heavy atom. The molecular weight excluding hydrogens is 231 g/mol. The van der Waals surface area contributed by atoms with Crippen LogP contribution < -0.4 is 0 Å². The lowest BCUT2D eigenvalue weighted by Crippen LogP contribution is -2.07. The van der Waals surface area contributed by atoms with E-state index in [4.69, 9.17) is 0 Å². The summed E-state index contributed by atoms with van der Waals surface area (Å²) in [4.78, 5) is 3.30. The highest BCUT2D eigenvalue weighted by Crippen LogP contribution is 2.29. The number of hydrogen-bond donors (Lipinski definition) is 0. The Morgan fingerprint density at radius 2 is 2.06 bits per heavy atom. The Balaban J connectivity index is 2.39. The van der Waals surface area contributed by atoms with Crippen LogP contribution in [0.2, 0.25) is 0 Å². The molecule has 0 saturated carbocycles. The van der Waals surface area contributed by atoms with Gasteiger partial charge >= 0.3 is 6.18 Å². The lowest BCUT2D eigenvalue weighted by Gasteiger charge is -2.06. The van der Waals surface area contributed by atoms with Crippen LogP contribution in [0.1, 0.15) is 12.6 Å². The summed E-state index contributed by atoms with van der Waals surface area (Å²) in [6.45, 7) is 2.59. The molecule has 0 atom stereocenters. The zero-order valence-electron chi connectivity index (χ0n) is 9.07. The average molecular weight is 241 g/mol. The first-order valence-corrected chi connectivity index (χ1v) is 5.08. The molecule has 0 fully saturated rings. The molecule has 0 spiro atoms. The third-order valence-electron chi connectivity index (χ3n) is 2.31. The molecule has 2 rings (SSSR count). The quantitative estimate of drug-likeness (QED) is 0.809. The van der Waals surface area contributed by atoms with Gasteiger partial charge in [-0.3, -0.25) is 9.67 Å². The second kappa shape index (κ2) is 4.20. The number of rotatable bonds is 2. The van der Waals surface area contributed by atoms with Gasteiger partial charge in [0.1, 0.15) is 5.69 Å². The molecule has 3 nitrogen and oxygen atoms in total. The summed E-state index contributed by atoms with van der Waals surface area (Å²) < 4.78 is 39.1. The summed E-state index contributed by atoms with van der Waals surface area (Å²) in [5.74, 6) is 0. The minimum absolute atomic E-state index is 0.416. The number of aromatic nitrogens is 3. The van der Waals surface area contributed by atoms with Gasteiger partial charge in [-0.2, -0.15) is 18.3 Å². The molecule has 0 N–H and O–H groups in total. The van der Waals surface area contributed by atoms with Crippen LogP contribution in [0.5, 0.6) is 0 Å². The van der Waals surface area contributed by atoms with Gasteiger partial charge in [-0.1, -0.05) is 0 Å². The molecule has 2 aromatic heterocycles. The topological polar surface area (TPSA) is 30.7 Å². The Morgan fingerprint density at radius 1 is 1.29 bits per heavy atom. The molecule has 2 heterocycles. The van der Waals surface area contributed by atoms with Gasteiger partial charge in [0.15, 0.2) is 0 Å². The predicted molar refractivity (Wildman–Crippen MR) is 56.1 cm³/mol. The van der Waals surface area contributed by atoms with E-state index in [1.165, 1.54) is 6.07 Å². The fourth-order valence-corrected chi connectivity index (χ4v) is 1.44. The lowest BCUT2D eigenvalue weighted by molar-refractivity contribution is -0.141. The van der Waals surface area contributed by atoms with Crippen molar-refractivity contribution in [2.75, 3.05) is 0 Å². The van der Waals surface area contributed by atoms with Crippen LogP contribution in [-0.4, -0.2) is 14.8 Å². The number of nitrogens with zero attached hydrogens (tertiary/aromatic N) is 3. The van der Waals surface area contributed by atoms with Crippen molar-refractivity contribution in [1.82, 2.24) is 14.8 Å². The van der Waals surface area contributed by atoms with E-state index in [0.29, 0.717) is 17.8 Å². The van der Waals surface area contributed by atoms with E-state index in [0.717, 1.165) is 12.3 Å². The van der Waals surface area contributed by atoms with Crippen LogP contribution in [-0.2, 0) is 12.7 Å². The number of hydrogen-bond acceptors (Lipinski definition) is 2. The molecule has 0 unspecified atom stereocenters. The molecule has 2 aromatic rings. The maximum Gasteiger partial charge on any atom is 0.433 e. The van der Waals surface area contributed by atoms with E-state index >= 15 is 0 Å². The highest BCUT2D eigenvalue weighted by Gasteiger charge is 2.32. The molecule has 0 bridgehead atoms. The van der Waals surface area contributed by atoms with Crippen molar-refractivity contribution in [3.8, 4) is 11.3 Å². The van der Waals surface area contributed by atoms with Crippen molar-refractivity contribution in [3.63, 3.8) is 0 Å². The highest BCUT2D eigenvalue weighted by atomic mass is 19.4. The van der Waals surface area contributed by atoms with E-state index in [1.807, 2.05) is 6.92 Å². The Labute approximate surface area is 95.9 Å². The first-order chi connectivity index (χ1) is 8.00. The van der Waals surface area contributed by atoms with Crippen LogP contribution in [0.25, 0.3) is 11.3 Å². The van der Waals surface area contributed by atoms with Crippen molar-refractivity contribution < 1.29 is 13.2 Å². The van der Waals surface area contributed by atoms with E-state index in [9.17, 15) is 13.2 Å². The fraction of sp³-hybridized carbons (Fsp3) is 0.273. The van der Waals surface area contributed by atoms with Crippen molar-refractivity contribution >= 4 is 0 Å². The molecule has 90 valence electrons. The summed E-state index contributed by atoms with van der Waals surface area (Å²) in [5.41, 5.74) is 0.0281. The van der Waals surface area contributed by atoms with Crippen molar-refractivity contribution in [2.24, 2.45) is 0 Å². The average Bonchev–Trinajstić information content (AvgIpc) is 2.76. The monoisotopic (exact) mass is 241 g/mol. The molecule has 0 saturated heterocycles. The molecular formula is C11H10F3N3. The third-order valence-corrected chi connectivity index (χ3v) is 2.31. The van der Waals surface area contributed by atoms with Gasteiger partial charge in [0.25, 0.3) is 0 Å². The van der Waals surface area contributed by atoms with Crippen LogP contribution in [0.3, 0.4) is 0 Å². The lowest BCUT2D eigenvalue weighted by atomic mass is 10.1. The maximum absolute atomic E-state index is 12.5. The minimum atomic E-state index is -4.43. The van der Waals surface area contributed by atoms with E-state index in [-0.39, 0.29) is 0 Å².